The maximum atomic E-state index is 10.4. The van der Waals surface area contributed by atoms with Gasteiger partial charge < -0.3 is 5.32 Å². The summed E-state index contributed by atoms with van der Waals surface area (Å²) < 4.78 is 0. The lowest BCUT2D eigenvalue weighted by molar-refractivity contribution is -0.105. The number of carbonyl (C=O) groups is 1. The van der Waals surface area contributed by atoms with Crippen LogP contribution in [0.4, 0.5) is 5.69 Å². The molecule has 0 aliphatic rings. The van der Waals surface area contributed by atoms with Gasteiger partial charge in [0.25, 0.3) is 0 Å². The number of aryl methyl sites for hydroxylation is 1. The second-order valence-corrected chi connectivity index (χ2v) is 4.80. The van der Waals surface area contributed by atoms with Crippen molar-refractivity contribution in [2.75, 3.05) is 5.32 Å². The molecule has 6 heteroatoms. The molecule has 1 aromatic heterocycles. The Bertz CT molecular complexity index is 797. The summed E-state index contributed by atoms with van der Waals surface area (Å²) >= 11 is 6.11. The molecule has 3 rings (SSSR count). The highest BCUT2D eigenvalue weighted by molar-refractivity contribution is 6.31. The molecule has 0 aliphatic carbocycles. The van der Waals surface area contributed by atoms with Crippen LogP contribution in [0.5, 0.6) is 0 Å². The summed E-state index contributed by atoms with van der Waals surface area (Å²) in [5.41, 5.74) is 3.93. The van der Waals surface area contributed by atoms with Gasteiger partial charge in [0, 0.05) is 10.7 Å². The van der Waals surface area contributed by atoms with Crippen molar-refractivity contribution in [1.82, 2.24) is 15.0 Å². The molecular weight excluding hydrogens is 276 g/mol. The Hall–Kier alpha value is -2.40. The fourth-order valence-corrected chi connectivity index (χ4v) is 2.07. The highest BCUT2D eigenvalue weighted by atomic mass is 35.5. The lowest BCUT2D eigenvalue weighted by Gasteiger charge is -2.01. The van der Waals surface area contributed by atoms with Gasteiger partial charge in [0.05, 0.1) is 5.69 Å². The first-order valence-electron chi connectivity index (χ1n) is 6.01. The van der Waals surface area contributed by atoms with E-state index in [1.165, 1.54) is 4.80 Å². The zero-order chi connectivity index (χ0) is 14.1. The molecule has 20 heavy (non-hydrogen) atoms. The minimum absolute atomic E-state index is 0.630. The molecule has 1 amide bonds. The number of fused-ring (bicyclic) bond motifs is 1. The largest absolute Gasteiger partial charge is 0.329 e. The van der Waals surface area contributed by atoms with E-state index < -0.39 is 0 Å². The van der Waals surface area contributed by atoms with Crippen molar-refractivity contribution in [3.05, 3.63) is 47.0 Å². The minimum Gasteiger partial charge on any atom is -0.329 e. The fraction of sp³-hybridized carbons (Fsp3) is 0.0714. The molecule has 0 bridgehead atoms. The number of amides is 1. The van der Waals surface area contributed by atoms with Crippen LogP contribution in [0.1, 0.15) is 5.56 Å². The molecule has 0 fully saturated rings. The fourth-order valence-electron chi connectivity index (χ4n) is 1.89. The van der Waals surface area contributed by atoms with E-state index in [2.05, 4.69) is 15.5 Å². The van der Waals surface area contributed by atoms with Gasteiger partial charge in [-0.3, -0.25) is 4.79 Å². The molecule has 1 heterocycles. The first-order chi connectivity index (χ1) is 9.67. The normalized spacial score (nSPS) is 10.7. The average Bonchev–Trinajstić information content (AvgIpc) is 2.85. The van der Waals surface area contributed by atoms with Crippen LogP contribution in [0.3, 0.4) is 0 Å². The minimum atomic E-state index is 0.630. The first-order valence-corrected chi connectivity index (χ1v) is 6.39. The summed E-state index contributed by atoms with van der Waals surface area (Å²) in [7, 11) is 0. The second kappa shape index (κ2) is 4.94. The van der Waals surface area contributed by atoms with Crippen LogP contribution in [-0.2, 0) is 4.79 Å². The SMILES string of the molecule is Cc1ccc(-n2nc3ccc(NC=O)cc3n2)cc1Cl. The van der Waals surface area contributed by atoms with Gasteiger partial charge in [0.2, 0.25) is 6.41 Å². The van der Waals surface area contributed by atoms with Crippen molar-refractivity contribution in [2.24, 2.45) is 0 Å². The van der Waals surface area contributed by atoms with Crippen LogP contribution in [0.2, 0.25) is 5.02 Å². The van der Waals surface area contributed by atoms with Crippen LogP contribution in [-0.4, -0.2) is 21.4 Å². The maximum Gasteiger partial charge on any atom is 0.211 e. The number of hydrogen-bond acceptors (Lipinski definition) is 3. The number of nitrogens with zero attached hydrogens (tertiary/aromatic N) is 3. The van der Waals surface area contributed by atoms with Crippen LogP contribution in [0.15, 0.2) is 36.4 Å². The maximum absolute atomic E-state index is 10.4. The van der Waals surface area contributed by atoms with Gasteiger partial charge in [-0.05, 0) is 42.8 Å². The highest BCUT2D eigenvalue weighted by Gasteiger charge is 2.06. The van der Waals surface area contributed by atoms with Crippen molar-refractivity contribution >= 4 is 34.7 Å². The van der Waals surface area contributed by atoms with Crippen LogP contribution >= 0.6 is 11.6 Å². The summed E-state index contributed by atoms with van der Waals surface area (Å²) in [6.07, 6.45) is 0.630. The highest BCUT2D eigenvalue weighted by Crippen LogP contribution is 2.21. The molecule has 0 unspecified atom stereocenters. The quantitative estimate of drug-likeness (QED) is 0.753. The Kier molecular flexibility index (Phi) is 3.12. The smallest absolute Gasteiger partial charge is 0.211 e. The predicted octanol–water partition coefficient (Wildman–Crippen LogP) is 2.95. The summed E-state index contributed by atoms with van der Waals surface area (Å²) in [6, 6.07) is 11.0. The zero-order valence-corrected chi connectivity index (χ0v) is 11.4. The third-order valence-corrected chi connectivity index (χ3v) is 3.40. The monoisotopic (exact) mass is 286 g/mol. The zero-order valence-electron chi connectivity index (χ0n) is 10.7. The number of nitrogens with one attached hydrogen (secondary N) is 1. The topological polar surface area (TPSA) is 59.8 Å². The molecule has 0 atom stereocenters. The molecule has 100 valence electrons. The van der Waals surface area contributed by atoms with Gasteiger partial charge >= 0.3 is 0 Å². The van der Waals surface area contributed by atoms with E-state index in [0.717, 1.165) is 16.8 Å². The Morgan fingerprint density at radius 3 is 2.70 bits per heavy atom. The van der Waals surface area contributed by atoms with Crippen molar-refractivity contribution in [3.63, 3.8) is 0 Å². The van der Waals surface area contributed by atoms with Crippen molar-refractivity contribution in [1.29, 1.82) is 0 Å². The van der Waals surface area contributed by atoms with Gasteiger partial charge in [0.15, 0.2) is 0 Å². The third-order valence-electron chi connectivity index (χ3n) is 2.99. The number of carbonyl (C=O) groups excluding carboxylic acids is 1. The Morgan fingerprint density at radius 2 is 1.95 bits per heavy atom. The molecule has 0 saturated heterocycles. The Labute approximate surface area is 120 Å². The predicted molar refractivity (Wildman–Crippen MR) is 78.3 cm³/mol. The van der Waals surface area contributed by atoms with E-state index in [0.29, 0.717) is 22.6 Å². The van der Waals surface area contributed by atoms with Crippen LogP contribution in [0.25, 0.3) is 16.7 Å². The van der Waals surface area contributed by atoms with Crippen molar-refractivity contribution < 1.29 is 4.79 Å². The molecule has 1 N–H and O–H groups in total. The third kappa shape index (κ3) is 2.23. The van der Waals surface area contributed by atoms with Crippen molar-refractivity contribution in [3.8, 4) is 5.69 Å². The summed E-state index contributed by atoms with van der Waals surface area (Å²) in [6.45, 7) is 1.94. The molecule has 0 radical (unpaired) electrons. The van der Waals surface area contributed by atoms with E-state index in [1.54, 1.807) is 18.2 Å². The van der Waals surface area contributed by atoms with Crippen LogP contribution < -0.4 is 5.32 Å². The number of anilines is 1. The van der Waals surface area contributed by atoms with Gasteiger partial charge in [-0.1, -0.05) is 17.7 Å². The van der Waals surface area contributed by atoms with Gasteiger partial charge in [0.1, 0.15) is 11.0 Å². The molecule has 3 aromatic rings. The Balaban J connectivity index is 2.07. The lowest BCUT2D eigenvalue weighted by Crippen LogP contribution is -1.98. The van der Waals surface area contributed by atoms with E-state index in [4.69, 9.17) is 11.6 Å². The molecular formula is C14H11ClN4O. The summed E-state index contributed by atoms with van der Waals surface area (Å²) in [4.78, 5) is 12.0. The number of rotatable bonds is 3. The number of hydrogen-bond donors (Lipinski definition) is 1. The molecule has 0 saturated carbocycles. The summed E-state index contributed by atoms with van der Waals surface area (Å²) in [5, 5.41) is 12.0. The number of benzene rings is 2. The van der Waals surface area contributed by atoms with Gasteiger partial charge in [-0.15, -0.1) is 10.2 Å². The van der Waals surface area contributed by atoms with Crippen LogP contribution in [0, 0.1) is 6.92 Å². The second-order valence-electron chi connectivity index (χ2n) is 4.39. The van der Waals surface area contributed by atoms with E-state index in [9.17, 15) is 4.79 Å². The summed E-state index contributed by atoms with van der Waals surface area (Å²) in [5.74, 6) is 0. The lowest BCUT2D eigenvalue weighted by atomic mass is 10.2. The van der Waals surface area contributed by atoms with Gasteiger partial charge in [-0.2, -0.15) is 4.80 Å². The molecule has 0 aliphatic heterocycles. The van der Waals surface area contributed by atoms with Gasteiger partial charge in [-0.25, -0.2) is 0 Å². The first kappa shape index (κ1) is 12.6. The van der Waals surface area contributed by atoms with E-state index in [1.807, 2.05) is 25.1 Å². The molecule has 0 spiro atoms. The number of halogens is 1. The molecule has 5 nitrogen and oxygen atoms in total. The molecule has 2 aromatic carbocycles. The van der Waals surface area contributed by atoms with Crippen molar-refractivity contribution in [2.45, 2.75) is 6.92 Å². The van der Waals surface area contributed by atoms with E-state index in [-0.39, 0.29) is 0 Å². The van der Waals surface area contributed by atoms with E-state index >= 15 is 0 Å². The Morgan fingerprint density at radius 1 is 1.15 bits per heavy atom. The average molecular weight is 287 g/mol. The standard InChI is InChI=1S/C14H11ClN4O/c1-9-2-4-11(7-12(9)15)19-17-13-5-3-10(16-8-20)6-14(13)18-19/h2-8H,1H3,(H,16,20). The number of aromatic nitrogens is 3.